The minimum absolute atomic E-state index is 0.0690. The summed E-state index contributed by atoms with van der Waals surface area (Å²) in [5.41, 5.74) is -0.0690. The molecule has 1 rings (SSSR count). The van der Waals surface area contributed by atoms with Crippen LogP contribution in [0, 0.1) is 11.5 Å². The lowest BCUT2D eigenvalue weighted by atomic mass is 9.94. The van der Waals surface area contributed by atoms with E-state index < -0.39 is 0 Å². The molecule has 0 bridgehead atoms. The highest BCUT2D eigenvalue weighted by Gasteiger charge is 2.27. The second kappa shape index (κ2) is 5.23. The number of ether oxygens (including phenoxy) is 1. The first-order valence-electron chi connectivity index (χ1n) is 4.57. The number of nitrogens with one attached hydrogen (secondary N) is 1. The van der Waals surface area contributed by atoms with Crippen LogP contribution >= 0.6 is 11.8 Å². The fraction of sp³-hybridized carbons (Fsp3) is 0.778. The van der Waals surface area contributed by atoms with Crippen molar-refractivity contribution < 1.29 is 4.74 Å². The predicted molar refractivity (Wildman–Crippen MR) is 58.2 cm³/mol. The van der Waals surface area contributed by atoms with Crippen LogP contribution < -0.4 is 5.32 Å². The smallest absolute Gasteiger partial charge is 0.183 e. The van der Waals surface area contributed by atoms with Gasteiger partial charge in [0.2, 0.25) is 0 Å². The molecule has 0 aromatic heterocycles. The number of nitrogens with zero attached hydrogens (tertiary/aromatic N) is 2. The van der Waals surface area contributed by atoms with Gasteiger partial charge in [-0.3, -0.25) is 10.3 Å². The molecule has 0 amide bonds. The molecule has 0 spiro atoms. The summed E-state index contributed by atoms with van der Waals surface area (Å²) in [4.78, 5) is 4.54. The molecule has 1 N–H and O–H groups in total. The Labute approximate surface area is 88.7 Å². The third-order valence-electron chi connectivity index (χ3n) is 2.30. The first kappa shape index (κ1) is 11.3. The second-order valence-corrected chi connectivity index (χ2v) is 4.26. The molecule has 0 atom stereocenters. The number of rotatable bonds is 1. The van der Waals surface area contributed by atoms with E-state index in [0.29, 0.717) is 5.17 Å². The normalized spacial score (nSPS) is 21.4. The highest BCUT2D eigenvalue weighted by atomic mass is 32.2. The van der Waals surface area contributed by atoms with Crippen LogP contribution in [-0.2, 0) is 4.74 Å². The summed E-state index contributed by atoms with van der Waals surface area (Å²) in [5, 5.41) is 11.8. The second-order valence-electron chi connectivity index (χ2n) is 3.47. The van der Waals surface area contributed by atoms with Crippen molar-refractivity contribution in [1.82, 2.24) is 5.32 Å². The SMILES string of the molecule is CSC(=NC1(C)CCOCC1)NC#N. The standard InChI is InChI=1S/C9H15N3OS/c1-9(3-5-13-6-4-9)12-8(14-2)11-7-10/h3-6H2,1-2H3,(H,11,12). The number of hydrogen-bond acceptors (Lipinski definition) is 4. The number of amidine groups is 1. The van der Waals surface area contributed by atoms with Gasteiger partial charge in [-0.2, -0.15) is 5.26 Å². The first-order valence-corrected chi connectivity index (χ1v) is 5.79. The van der Waals surface area contributed by atoms with Gasteiger partial charge in [0, 0.05) is 13.2 Å². The van der Waals surface area contributed by atoms with E-state index in [0.717, 1.165) is 26.1 Å². The van der Waals surface area contributed by atoms with Gasteiger partial charge in [-0.15, -0.1) is 0 Å². The summed E-state index contributed by atoms with van der Waals surface area (Å²) < 4.78 is 5.28. The average Bonchev–Trinajstić information content (AvgIpc) is 2.18. The van der Waals surface area contributed by atoms with E-state index in [1.165, 1.54) is 11.8 Å². The van der Waals surface area contributed by atoms with Crippen LogP contribution in [0.2, 0.25) is 0 Å². The van der Waals surface area contributed by atoms with Crippen molar-refractivity contribution in [2.24, 2.45) is 4.99 Å². The molecule has 1 fully saturated rings. The quantitative estimate of drug-likeness (QED) is 0.309. The Balaban J connectivity index is 2.65. The van der Waals surface area contributed by atoms with E-state index in [4.69, 9.17) is 10.00 Å². The number of hydrogen-bond donors (Lipinski definition) is 1. The molecule has 1 aliphatic rings. The van der Waals surface area contributed by atoms with Gasteiger partial charge in [0.1, 0.15) is 0 Å². The number of nitriles is 1. The maximum Gasteiger partial charge on any atom is 0.183 e. The van der Waals surface area contributed by atoms with Gasteiger partial charge in [-0.1, -0.05) is 11.8 Å². The lowest BCUT2D eigenvalue weighted by molar-refractivity contribution is 0.0603. The van der Waals surface area contributed by atoms with Gasteiger partial charge >= 0.3 is 0 Å². The zero-order chi connectivity index (χ0) is 10.4. The van der Waals surface area contributed by atoms with Crippen LogP contribution in [0.1, 0.15) is 19.8 Å². The van der Waals surface area contributed by atoms with E-state index in [9.17, 15) is 0 Å². The van der Waals surface area contributed by atoms with Crippen molar-refractivity contribution in [1.29, 1.82) is 5.26 Å². The monoisotopic (exact) mass is 213 g/mol. The molecule has 0 unspecified atom stereocenters. The van der Waals surface area contributed by atoms with Gasteiger partial charge in [0.15, 0.2) is 11.4 Å². The Morgan fingerprint density at radius 1 is 1.57 bits per heavy atom. The highest BCUT2D eigenvalue weighted by molar-refractivity contribution is 8.13. The predicted octanol–water partition coefficient (Wildman–Crippen LogP) is 1.35. The summed E-state index contributed by atoms with van der Waals surface area (Å²) in [6.07, 6.45) is 5.64. The third-order valence-corrected chi connectivity index (χ3v) is 2.88. The van der Waals surface area contributed by atoms with Gasteiger partial charge in [-0.05, 0) is 26.0 Å². The molecule has 1 saturated heterocycles. The summed E-state index contributed by atoms with van der Waals surface area (Å²) in [5.74, 6) is 0. The Morgan fingerprint density at radius 2 is 2.21 bits per heavy atom. The van der Waals surface area contributed by atoms with Crippen molar-refractivity contribution in [3.05, 3.63) is 0 Å². The third kappa shape index (κ3) is 3.20. The molecular weight excluding hydrogens is 198 g/mol. The average molecular weight is 213 g/mol. The van der Waals surface area contributed by atoms with Crippen LogP contribution in [0.4, 0.5) is 0 Å². The largest absolute Gasteiger partial charge is 0.381 e. The molecule has 1 heterocycles. The minimum atomic E-state index is -0.0690. The maximum atomic E-state index is 8.50. The highest BCUT2D eigenvalue weighted by Crippen LogP contribution is 2.25. The Hall–Kier alpha value is -0.730. The van der Waals surface area contributed by atoms with E-state index >= 15 is 0 Å². The topological polar surface area (TPSA) is 57.4 Å². The van der Waals surface area contributed by atoms with Gasteiger partial charge in [0.25, 0.3) is 0 Å². The van der Waals surface area contributed by atoms with E-state index in [-0.39, 0.29) is 5.54 Å². The van der Waals surface area contributed by atoms with Crippen LogP contribution in [0.25, 0.3) is 0 Å². The summed E-state index contributed by atoms with van der Waals surface area (Å²) in [6.45, 7) is 3.62. The zero-order valence-corrected chi connectivity index (χ0v) is 9.36. The number of thioether (sulfide) groups is 1. The molecular formula is C9H15N3OS. The maximum absolute atomic E-state index is 8.50. The van der Waals surface area contributed by atoms with Crippen LogP contribution in [0.3, 0.4) is 0 Å². The summed E-state index contributed by atoms with van der Waals surface area (Å²) in [6, 6.07) is 0. The van der Waals surface area contributed by atoms with Crippen molar-refractivity contribution in [3.8, 4) is 6.19 Å². The Kier molecular flexibility index (Phi) is 4.23. The van der Waals surface area contributed by atoms with Crippen molar-refractivity contribution >= 4 is 16.9 Å². The van der Waals surface area contributed by atoms with Crippen molar-refractivity contribution in [2.45, 2.75) is 25.3 Å². The van der Waals surface area contributed by atoms with Crippen molar-refractivity contribution in [2.75, 3.05) is 19.5 Å². The first-order chi connectivity index (χ1) is 6.70. The molecule has 0 aromatic carbocycles. The Morgan fingerprint density at radius 3 is 2.71 bits per heavy atom. The Bertz CT molecular complexity index is 253. The van der Waals surface area contributed by atoms with Gasteiger partial charge in [0.05, 0.1) is 5.54 Å². The fourth-order valence-electron chi connectivity index (χ4n) is 1.34. The molecule has 1 aliphatic heterocycles. The van der Waals surface area contributed by atoms with E-state index in [2.05, 4.69) is 17.2 Å². The van der Waals surface area contributed by atoms with E-state index in [1.54, 1.807) is 0 Å². The zero-order valence-electron chi connectivity index (χ0n) is 8.54. The molecule has 0 aromatic rings. The molecule has 14 heavy (non-hydrogen) atoms. The van der Waals surface area contributed by atoms with E-state index in [1.807, 2.05) is 12.4 Å². The van der Waals surface area contributed by atoms with Crippen LogP contribution in [-0.4, -0.2) is 30.2 Å². The molecule has 5 heteroatoms. The van der Waals surface area contributed by atoms with Gasteiger partial charge < -0.3 is 4.74 Å². The number of aliphatic imine (C=N–C) groups is 1. The molecule has 4 nitrogen and oxygen atoms in total. The molecule has 78 valence electrons. The lowest BCUT2D eigenvalue weighted by Gasteiger charge is -2.30. The van der Waals surface area contributed by atoms with Crippen molar-refractivity contribution in [3.63, 3.8) is 0 Å². The van der Waals surface area contributed by atoms with Gasteiger partial charge in [-0.25, -0.2) is 0 Å². The lowest BCUT2D eigenvalue weighted by Crippen LogP contribution is -2.33. The molecule has 0 saturated carbocycles. The summed E-state index contributed by atoms with van der Waals surface area (Å²) >= 11 is 1.46. The minimum Gasteiger partial charge on any atom is -0.381 e. The fourth-order valence-corrected chi connectivity index (χ4v) is 1.80. The van der Waals surface area contributed by atoms with Crippen LogP contribution in [0.15, 0.2) is 4.99 Å². The molecule has 0 aliphatic carbocycles. The summed E-state index contributed by atoms with van der Waals surface area (Å²) in [7, 11) is 0. The molecule has 0 radical (unpaired) electrons. The van der Waals surface area contributed by atoms with Crippen LogP contribution in [0.5, 0.6) is 0 Å².